The number of piperazine rings is 1. The third kappa shape index (κ3) is 3.04. The number of rotatable bonds is 3. The summed E-state index contributed by atoms with van der Waals surface area (Å²) < 4.78 is 21.6. The first-order valence-electron chi connectivity index (χ1n) is 8.58. The number of nitrogens with zero attached hydrogens (tertiary/aromatic N) is 2. The maximum Gasteiger partial charge on any atom is 0.410 e. The number of carbonyl (C=O) groups excluding carboxylic acids is 2. The van der Waals surface area contributed by atoms with Crippen LogP contribution in [-0.4, -0.2) is 74.5 Å². The molecule has 9 heteroatoms. The van der Waals surface area contributed by atoms with Crippen molar-refractivity contribution in [3.63, 3.8) is 0 Å². The molecule has 9 nitrogen and oxygen atoms in total. The second-order valence-electron chi connectivity index (χ2n) is 6.34. The lowest BCUT2D eigenvalue weighted by Crippen LogP contribution is -2.55. The van der Waals surface area contributed by atoms with Crippen molar-refractivity contribution < 1.29 is 28.5 Å². The van der Waals surface area contributed by atoms with Gasteiger partial charge in [0.05, 0.1) is 13.2 Å². The molecule has 26 heavy (non-hydrogen) atoms. The first kappa shape index (κ1) is 16.6. The number of hydrogen-bond acceptors (Lipinski definition) is 6. The lowest BCUT2D eigenvalue weighted by atomic mass is 10.1. The highest BCUT2D eigenvalue weighted by atomic mass is 16.6. The molecular weight excluding hydrogens is 342 g/mol. The summed E-state index contributed by atoms with van der Waals surface area (Å²) in [5.74, 6) is 1.93. The largest absolute Gasteiger partial charge is 0.496 e. The van der Waals surface area contributed by atoms with E-state index in [-0.39, 0.29) is 18.2 Å². The van der Waals surface area contributed by atoms with Crippen molar-refractivity contribution >= 4 is 12.1 Å². The molecule has 3 aliphatic rings. The van der Waals surface area contributed by atoms with E-state index in [4.69, 9.17) is 18.9 Å². The fourth-order valence-electron chi connectivity index (χ4n) is 3.40. The van der Waals surface area contributed by atoms with Gasteiger partial charge in [0.2, 0.25) is 0 Å². The van der Waals surface area contributed by atoms with E-state index in [1.165, 1.54) is 0 Å². The fraction of sp³-hybridized carbons (Fsp3) is 0.529. The molecule has 0 spiro atoms. The Balaban J connectivity index is 1.39. The van der Waals surface area contributed by atoms with Crippen molar-refractivity contribution in [2.75, 3.05) is 46.6 Å². The van der Waals surface area contributed by atoms with Crippen molar-refractivity contribution in [2.45, 2.75) is 12.6 Å². The predicted molar refractivity (Wildman–Crippen MR) is 89.6 cm³/mol. The van der Waals surface area contributed by atoms with Crippen molar-refractivity contribution in [1.29, 1.82) is 0 Å². The van der Waals surface area contributed by atoms with Gasteiger partial charge in [-0.1, -0.05) is 0 Å². The van der Waals surface area contributed by atoms with E-state index in [1.54, 1.807) is 23.0 Å². The average molecular weight is 363 g/mol. The van der Waals surface area contributed by atoms with E-state index in [1.807, 2.05) is 6.07 Å². The molecule has 0 bridgehead atoms. The Labute approximate surface area is 150 Å². The van der Waals surface area contributed by atoms with Crippen LogP contribution < -0.4 is 19.5 Å². The molecule has 3 aliphatic heterocycles. The van der Waals surface area contributed by atoms with Gasteiger partial charge in [0.1, 0.15) is 25.6 Å². The molecular formula is C17H21N3O6. The molecule has 4 rings (SSSR count). The number of urea groups is 1. The summed E-state index contributed by atoms with van der Waals surface area (Å²) in [6.45, 7) is 3.08. The number of fused-ring (bicyclic) bond motifs is 2. The second kappa shape index (κ2) is 6.81. The highest BCUT2D eigenvalue weighted by Crippen LogP contribution is 2.36. The summed E-state index contributed by atoms with van der Waals surface area (Å²) >= 11 is 0. The molecule has 0 radical (unpaired) electrons. The summed E-state index contributed by atoms with van der Waals surface area (Å²) in [7, 11) is 1.58. The minimum atomic E-state index is -0.295. The first-order chi connectivity index (χ1) is 12.7. The van der Waals surface area contributed by atoms with Gasteiger partial charge in [-0.2, -0.15) is 0 Å². The lowest BCUT2D eigenvalue weighted by molar-refractivity contribution is 0.127. The van der Waals surface area contributed by atoms with Crippen molar-refractivity contribution in [2.24, 2.45) is 0 Å². The summed E-state index contributed by atoms with van der Waals surface area (Å²) in [5, 5.41) is 2.91. The van der Waals surface area contributed by atoms with Gasteiger partial charge >= 0.3 is 12.1 Å². The highest BCUT2D eigenvalue weighted by molar-refractivity contribution is 5.76. The number of amides is 3. The Kier molecular flexibility index (Phi) is 4.36. The Morgan fingerprint density at radius 3 is 2.77 bits per heavy atom. The highest BCUT2D eigenvalue weighted by Gasteiger charge is 2.38. The minimum Gasteiger partial charge on any atom is -0.496 e. The average Bonchev–Trinajstić information content (AvgIpc) is 3.05. The van der Waals surface area contributed by atoms with E-state index < -0.39 is 0 Å². The quantitative estimate of drug-likeness (QED) is 0.855. The number of nitrogens with one attached hydrogen (secondary N) is 1. The van der Waals surface area contributed by atoms with Crippen LogP contribution in [0.15, 0.2) is 12.1 Å². The maximum atomic E-state index is 12.5. The van der Waals surface area contributed by atoms with Gasteiger partial charge in [0.25, 0.3) is 0 Å². The number of methoxy groups -OCH3 is 1. The Hall–Kier alpha value is -2.84. The van der Waals surface area contributed by atoms with E-state index in [2.05, 4.69) is 5.32 Å². The van der Waals surface area contributed by atoms with Gasteiger partial charge in [-0.05, 0) is 6.07 Å². The van der Waals surface area contributed by atoms with Gasteiger partial charge < -0.3 is 29.2 Å². The molecule has 1 atom stereocenters. The molecule has 0 unspecified atom stereocenters. The third-order valence-corrected chi connectivity index (χ3v) is 4.78. The first-order valence-corrected chi connectivity index (χ1v) is 8.58. The smallest absolute Gasteiger partial charge is 0.410 e. The zero-order valence-electron chi connectivity index (χ0n) is 14.5. The molecule has 2 fully saturated rings. The molecule has 0 aliphatic carbocycles. The van der Waals surface area contributed by atoms with E-state index in [0.717, 1.165) is 5.56 Å². The number of ether oxygens (including phenoxy) is 4. The minimum absolute atomic E-state index is 0.0640. The number of hydrogen-bond donors (Lipinski definition) is 1. The van der Waals surface area contributed by atoms with Crippen LogP contribution in [0.2, 0.25) is 0 Å². The summed E-state index contributed by atoms with van der Waals surface area (Å²) in [6, 6.07) is 3.36. The van der Waals surface area contributed by atoms with Crippen LogP contribution >= 0.6 is 0 Å². The molecule has 3 heterocycles. The number of cyclic esters (lactones) is 1. The second-order valence-corrected chi connectivity index (χ2v) is 6.34. The SMILES string of the molecule is COc1cc2c(cc1CNC(=O)N1CCN3C(=O)OC[C@@H]3C1)OCCO2. The van der Waals surface area contributed by atoms with Gasteiger partial charge in [-0.15, -0.1) is 0 Å². The number of carbonyl (C=O) groups is 2. The van der Waals surface area contributed by atoms with Crippen molar-refractivity contribution in [1.82, 2.24) is 15.1 Å². The molecule has 2 saturated heterocycles. The van der Waals surface area contributed by atoms with Gasteiger partial charge in [0.15, 0.2) is 11.5 Å². The zero-order valence-corrected chi connectivity index (χ0v) is 14.5. The topological polar surface area (TPSA) is 89.6 Å². The molecule has 3 amide bonds. The zero-order chi connectivity index (χ0) is 18.1. The van der Waals surface area contributed by atoms with Crippen LogP contribution in [0.5, 0.6) is 17.2 Å². The fourth-order valence-corrected chi connectivity index (χ4v) is 3.40. The molecule has 140 valence electrons. The molecule has 1 aromatic rings. The van der Waals surface area contributed by atoms with Gasteiger partial charge in [-0.25, -0.2) is 9.59 Å². The summed E-state index contributed by atoms with van der Waals surface area (Å²) in [4.78, 5) is 27.4. The van der Waals surface area contributed by atoms with Crippen LogP contribution in [0.3, 0.4) is 0 Å². The molecule has 1 aromatic carbocycles. The maximum absolute atomic E-state index is 12.5. The van der Waals surface area contributed by atoms with Gasteiger partial charge in [0, 0.05) is 37.8 Å². The van der Waals surface area contributed by atoms with Crippen LogP contribution in [0.4, 0.5) is 9.59 Å². The molecule has 0 aromatic heterocycles. The van der Waals surface area contributed by atoms with Crippen LogP contribution in [-0.2, 0) is 11.3 Å². The predicted octanol–water partition coefficient (Wildman–Crippen LogP) is 0.812. The monoisotopic (exact) mass is 363 g/mol. The molecule has 1 N–H and O–H groups in total. The Morgan fingerprint density at radius 1 is 1.23 bits per heavy atom. The van der Waals surface area contributed by atoms with Crippen LogP contribution in [0.25, 0.3) is 0 Å². The Morgan fingerprint density at radius 2 is 2.00 bits per heavy atom. The van der Waals surface area contributed by atoms with Crippen LogP contribution in [0, 0.1) is 0 Å². The standard InChI is InChI=1S/C17H21N3O6/c1-23-13-7-15-14(24-4-5-25-15)6-11(13)8-18-16(21)19-2-3-20-12(9-19)10-26-17(20)22/h6-7,12H,2-5,8-10H2,1H3,(H,18,21)/t12-/m0/s1. The van der Waals surface area contributed by atoms with E-state index in [0.29, 0.717) is 63.2 Å². The van der Waals surface area contributed by atoms with E-state index in [9.17, 15) is 9.59 Å². The Bertz CT molecular complexity index is 725. The number of benzene rings is 1. The summed E-state index contributed by atoms with van der Waals surface area (Å²) in [5.41, 5.74) is 0.808. The van der Waals surface area contributed by atoms with Crippen molar-refractivity contribution in [3.05, 3.63) is 17.7 Å². The summed E-state index contributed by atoms with van der Waals surface area (Å²) in [6.07, 6.45) is -0.295. The van der Waals surface area contributed by atoms with Crippen molar-refractivity contribution in [3.8, 4) is 17.2 Å². The molecule has 0 saturated carbocycles. The van der Waals surface area contributed by atoms with Gasteiger partial charge in [-0.3, -0.25) is 4.90 Å². The van der Waals surface area contributed by atoms with Crippen LogP contribution in [0.1, 0.15) is 5.56 Å². The van der Waals surface area contributed by atoms with E-state index >= 15 is 0 Å². The lowest BCUT2D eigenvalue weighted by Gasteiger charge is -2.35. The third-order valence-electron chi connectivity index (χ3n) is 4.78. The normalized spacial score (nSPS) is 21.1.